The van der Waals surface area contributed by atoms with Gasteiger partial charge in [0.05, 0.1) is 28.9 Å². The fraction of sp³-hybridized carbons (Fsp3) is 0.346. The lowest BCUT2D eigenvalue weighted by Gasteiger charge is -2.35. The van der Waals surface area contributed by atoms with Gasteiger partial charge in [0.15, 0.2) is 11.4 Å². The minimum atomic E-state index is -0.140. The number of hydrogen-bond acceptors (Lipinski definition) is 6. The highest BCUT2D eigenvalue weighted by Gasteiger charge is 2.25. The van der Waals surface area contributed by atoms with E-state index in [1.54, 1.807) is 10.9 Å². The number of nitrogens with one attached hydrogen (secondary N) is 1. The van der Waals surface area contributed by atoms with Crippen LogP contribution < -0.4 is 5.32 Å². The zero-order valence-corrected chi connectivity index (χ0v) is 19.9. The molecule has 1 unspecified atom stereocenters. The van der Waals surface area contributed by atoms with Crippen LogP contribution in [0.3, 0.4) is 0 Å². The first-order valence-electron chi connectivity index (χ1n) is 11.6. The summed E-state index contributed by atoms with van der Waals surface area (Å²) in [7, 11) is 3.99. The third kappa shape index (κ3) is 4.47. The predicted octanol–water partition coefficient (Wildman–Crippen LogP) is 3.26. The predicted molar refractivity (Wildman–Crippen MR) is 132 cm³/mol. The minimum Gasteiger partial charge on any atom is -0.463 e. The molecule has 5 rings (SSSR count). The number of likely N-dealkylation sites (N-methyl/N-ethyl adjacent to an activating group) is 1. The lowest BCUT2D eigenvalue weighted by molar-refractivity contribution is 0.0909. The Hall–Kier alpha value is -3.49. The van der Waals surface area contributed by atoms with Gasteiger partial charge in [-0.1, -0.05) is 30.3 Å². The van der Waals surface area contributed by atoms with E-state index >= 15 is 0 Å². The molecule has 0 spiro atoms. The van der Waals surface area contributed by atoms with Crippen molar-refractivity contribution in [2.45, 2.75) is 13.0 Å². The summed E-state index contributed by atoms with van der Waals surface area (Å²) in [6, 6.07) is 15.5. The van der Waals surface area contributed by atoms with Crippen molar-refractivity contribution in [1.29, 1.82) is 0 Å². The first-order valence-corrected chi connectivity index (χ1v) is 11.6. The van der Waals surface area contributed by atoms with Crippen molar-refractivity contribution >= 4 is 16.9 Å². The second-order valence-corrected chi connectivity index (χ2v) is 8.98. The van der Waals surface area contributed by atoms with Crippen LogP contribution in [0.1, 0.15) is 27.7 Å². The van der Waals surface area contributed by atoms with E-state index < -0.39 is 0 Å². The summed E-state index contributed by atoms with van der Waals surface area (Å²) in [5.41, 5.74) is 3.69. The van der Waals surface area contributed by atoms with Crippen LogP contribution in [0.2, 0.25) is 0 Å². The molecule has 34 heavy (non-hydrogen) atoms. The Morgan fingerprint density at radius 3 is 2.56 bits per heavy atom. The Kier molecular flexibility index (Phi) is 6.17. The SMILES string of the molecule is Cc1nn(C)c2nc(-c3ccco3)cc(C(=O)NC(CN3CCN(C)CC3)c3ccccc3)c12. The number of hydrogen-bond donors (Lipinski definition) is 1. The zero-order valence-electron chi connectivity index (χ0n) is 19.9. The average molecular weight is 459 g/mol. The molecule has 1 amide bonds. The standard InChI is InChI=1S/C26H30N6O2/c1-18-24-20(16-21(23-10-7-15-34-23)27-25(24)31(3)29-18)26(33)28-22(19-8-5-4-6-9-19)17-32-13-11-30(2)12-14-32/h4-10,15-16,22H,11-14,17H2,1-3H3,(H,28,33). The number of piperazine rings is 1. The summed E-state index contributed by atoms with van der Waals surface area (Å²) in [6.45, 7) is 6.70. The number of rotatable bonds is 6. The number of fused-ring (bicyclic) bond motifs is 1. The average Bonchev–Trinajstić information content (AvgIpc) is 3.48. The molecule has 176 valence electrons. The Balaban J connectivity index is 1.50. The van der Waals surface area contributed by atoms with Crippen LogP contribution in [-0.2, 0) is 7.05 Å². The van der Waals surface area contributed by atoms with Crippen molar-refractivity contribution in [3.63, 3.8) is 0 Å². The zero-order chi connectivity index (χ0) is 23.7. The van der Waals surface area contributed by atoms with Gasteiger partial charge >= 0.3 is 0 Å². The largest absolute Gasteiger partial charge is 0.463 e. The molecule has 1 atom stereocenters. The van der Waals surface area contributed by atoms with Gasteiger partial charge in [0, 0.05) is 39.8 Å². The molecule has 0 radical (unpaired) electrons. The summed E-state index contributed by atoms with van der Waals surface area (Å²) in [6.07, 6.45) is 1.61. The van der Waals surface area contributed by atoms with Gasteiger partial charge in [-0.2, -0.15) is 5.10 Å². The first-order chi connectivity index (χ1) is 16.5. The molecule has 0 saturated carbocycles. The van der Waals surface area contributed by atoms with Gasteiger partial charge in [-0.05, 0) is 37.7 Å². The van der Waals surface area contributed by atoms with E-state index in [1.807, 2.05) is 50.4 Å². The van der Waals surface area contributed by atoms with Crippen LogP contribution in [0.15, 0.2) is 59.2 Å². The van der Waals surface area contributed by atoms with Crippen molar-refractivity contribution in [2.24, 2.45) is 7.05 Å². The molecule has 1 saturated heterocycles. The normalized spacial score (nSPS) is 16.1. The van der Waals surface area contributed by atoms with Gasteiger partial charge in [0.1, 0.15) is 5.69 Å². The van der Waals surface area contributed by atoms with Gasteiger partial charge < -0.3 is 14.6 Å². The fourth-order valence-electron chi connectivity index (χ4n) is 4.62. The van der Waals surface area contributed by atoms with Gasteiger partial charge in [0.2, 0.25) is 0 Å². The van der Waals surface area contributed by atoms with Gasteiger partial charge in [-0.3, -0.25) is 14.4 Å². The van der Waals surface area contributed by atoms with Crippen molar-refractivity contribution in [3.05, 3.63) is 71.6 Å². The molecular formula is C26H30N6O2. The molecular weight excluding hydrogens is 428 g/mol. The quantitative estimate of drug-likeness (QED) is 0.478. The Morgan fingerprint density at radius 1 is 1.09 bits per heavy atom. The van der Waals surface area contributed by atoms with Crippen molar-refractivity contribution < 1.29 is 9.21 Å². The topological polar surface area (TPSA) is 79.4 Å². The van der Waals surface area contributed by atoms with Crippen molar-refractivity contribution in [2.75, 3.05) is 39.8 Å². The highest BCUT2D eigenvalue weighted by atomic mass is 16.3. The molecule has 4 heterocycles. The third-order valence-electron chi connectivity index (χ3n) is 6.53. The minimum absolute atomic E-state index is 0.135. The Labute approximate surface area is 199 Å². The number of benzene rings is 1. The highest BCUT2D eigenvalue weighted by molar-refractivity contribution is 6.07. The summed E-state index contributed by atoms with van der Waals surface area (Å²) >= 11 is 0. The molecule has 1 aromatic carbocycles. The van der Waals surface area contributed by atoms with Crippen LogP contribution in [0.4, 0.5) is 0 Å². The van der Waals surface area contributed by atoms with E-state index in [9.17, 15) is 4.79 Å². The fourth-order valence-corrected chi connectivity index (χ4v) is 4.62. The van der Waals surface area contributed by atoms with Crippen molar-refractivity contribution in [3.8, 4) is 11.5 Å². The molecule has 1 fully saturated rings. The molecule has 8 heteroatoms. The number of pyridine rings is 1. The molecule has 1 aliphatic heterocycles. The number of carbonyl (C=O) groups excluding carboxylic acids is 1. The smallest absolute Gasteiger partial charge is 0.252 e. The van der Waals surface area contributed by atoms with Gasteiger partial charge in [-0.25, -0.2) is 4.98 Å². The summed E-state index contributed by atoms with van der Waals surface area (Å²) in [5, 5.41) is 8.61. The maximum absolute atomic E-state index is 13.8. The Morgan fingerprint density at radius 2 is 1.85 bits per heavy atom. The van der Waals surface area contributed by atoms with E-state index in [0.717, 1.165) is 49.4 Å². The summed E-state index contributed by atoms with van der Waals surface area (Å²) in [4.78, 5) is 23.3. The van der Waals surface area contributed by atoms with Crippen LogP contribution in [0.5, 0.6) is 0 Å². The summed E-state index contributed by atoms with van der Waals surface area (Å²) in [5.74, 6) is 0.478. The van der Waals surface area contributed by atoms with E-state index in [0.29, 0.717) is 22.7 Å². The molecule has 4 aromatic rings. The number of carbonyl (C=O) groups is 1. The molecule has 0 aliphatic carbocycles. The van der Waals surface area contributed by atoms with E-state index in [1.165, 1.54) is 0 Å². The molecule has 3 aromatic heterocycles. The maximum atomic E-state index is 13.8. The number of furan rings is 1. The Bertz CT molecular complexity index is 1270. The van der Waals surface area contributed by atoms with Crippen molar-refractivity contribution in [1.82, 2.24) is 29.9 Å². The van der Waals surface area contributed by atoms with Crippen LogP contribution in [-0.4, -0.2) is 70.2 Å². The lowest BCUT2D eigenvalue weighted by atomic mass is 10.0. The number of aryl methyl sites for hydroxylation is 2. The van der Waals surface area contributed by atoms with Crippen LogP contribution in [0.25, 0.3) is 22.5 Å². The highest BCUT2D eigenvalue weighted by Crippen LogP contribution is 2.28. The maximum Gasteiger partial charge on any atom is 0.252 e. The van der Waals surface area contributed by atoms with Gasteiger partial charge in [0.25, 0.3) is 5.91 Å². The number of aromatic nitrogens is 3. The lowest BCUT2D eigenvalue weighted by Crippen LogP contribution is -2.47. The summed E-state index contributed by atoms with van der Waals surface area (Å²) < 4.78 is 7.29. The number of amides is 1. The second-order valence-electron chi connectivity index (χ2n) is 8.98. The van der Waals surface area contributed by atoms with E-state index in [4.69, 9.17) is 9.40 Å². The third-order valence-corrected chi connectivity index (χ3v) is 6.53. The number of nitrogens with zero attached hydrogens (tertiary/aromatic N) is 5. The molecule has 8 nitrogen and oxygen atoms in total. The second kappa shape index (κ2) is 9.40. The van der Waals surface area contributed by atoms with Gasteiger partial charge in [-0.15, -0.1) is 0 Å². The van der Waals surface area contributed by atoms with Crippen LogP contribution >= 0.6 is 0 Å². The van der Waals surface area contributed by atoms with E-state index in [-0.39, 0.29) is 11.9 Å². The molecule has 1 aliphatic rings. The molecule has 0 bridgehead atoms. The van der Waals surface area contributed by atoms with E-state index in [2.05, 4.69) is 39.4 Å². The van der Waals surface area contributed by atoms with Crippen LogP contribution in [0, 0.1) is 6.92 Å². The first kappa shape index (κ1) is 22.3. The monoisotopic (exact) mass is 458 g/mol. The molecule has 1 N–H and O–H groups in total.